The number of H-pyrrole nitrogens is 1. The number of nitrogens with one attached hydrogen (secondary N) is 3. The van der Waals surface area contributed by atoms with Gasteiger partial charge >= 0.3 is 6.09 Å². The lowest BCUT2D eigenvalue weighted by atomic mass is 9.98. The summed E-state index contributed by atoms with van der Waals surface area (Å²) in [5, 5.41) is 37.0. The predicted octanol–water partition coefficient (Wildman–Crippen LogP) is 5.10. The van der Waals surface area contributed by atoms with E-state index in [2.05, 4.69) is 15.6 Å². The molecule has 5 aromatic rings. The van der Waals surface area contributed by atoms with Gasteiger partial charge in [-0.2, -0.15) is 0 Å². The minimum atomic E-state index is -1.12. The highest BCUT2D eigenvalue weighted by atomic mass is 16.5. The lowest BCUT2D eigenvalue weighted by Gasteiger charge is -2.33. The maximum atomic E-state index is 13.3. The topological polar surface area (TPSA) is 164 Å². The third kappa shape index (κ3) is 8.08. The number of likely N-dealkylation sites (tertiary alicyclic amines) is 1. The number of piperidine rings is 1. The van der Waals surface area contributed by atoms with Crippen molar-refractivity contribution < 1.29 is 29.6 Å². The largest absolute Gasteiger partial charge is 0.506 e. The van der Waals surface area contributed by atoms with E-state index in [0.29, 0.717) is 40.9 Å². The van der Waals surface area contributed by atoms with Crippen LogP contribution in [0.2, 0.25) is 0 Å². The molecule has 2 amide bonds. The summed E-state index contributed by atoms with van der Waals surface area (Å²) in [7, 11) is 0. The highest BCUT2D eigenvalue weighted by Crippen LogP contribution is 2.29. The van der Waals surface area contributed by atoms with Crippen molar-refractivity contribution in [1.29, 1.82) is 0 Å². The first-order valence-electron chi connectivity index (χ1n) is 16.2. The molecule has 252 valence electrons. The number of aromatic amines is 1. The van der Waals surface area contributed by atoms with Gasteiger partial charge in [-0.3, -0.25) is 9.59 Å². The van der Waals surface area contributed by atoms with E-state index in [1.165, 1.54) is 12.1 Å². The Balaban J connectivity index is 0.991. The number of amides is 2. The number of ether oxygens (including phenoxy) is 1. The zero-order valence-electron chi connectivity index (χ0n) is 26.7. The van der Waals surface area contributed by atoms with Gasteiger partial charge in [0.25, 0.3) is 5.91 Å². The van der Waals surface area contributed by atoms with Crippen LogP contribution in [0.1, 0.15) is 57.6 Å². The predicted molar refractivity (Wildman–Crippen MR) is 185 cm³/mol. The summed E-state index contributed by atoms with van der Waals surface area (Å²) in [6.07, 6.45) is -0.492. The fraction of sp³-hybridized carbons (Fsp3) is 0.237. The number of phenols is 1. The first kappa shape index (κ1) is 33.3. The van der Waals surface area contributed by atoms with E-state index in [9.17, 15) is 29.7 Å². The number of pyridine rings is 1. The number of aliphatic hydroxyl groups excluding tert-OH is 1. The molecule has 2 atom stereocenters. The first-order chi connectivity index (χ1) is 23.7. The van der Waals surface area contributed by atoms with E-state index in [1.807, 2.05) is 71.6 Å². The molecule has 1 unspecified atom stereocenters. The van der Waals surface area contributed by atoms with Crippen LogP contribution in [0.5, 0.6) is 11.5 Å². The zero-order chi connectivity index (χ0) is 34.3. The molecule has 0 spiro atoms. The van der Waals surface area contributed by atoms with Gasteiger partial charge in [-0.05, 0) is 71.5 Å². The van der Waals surface area contributed by atoms with E-state index in [1.54, 1.807) is 24.3 Å². The first-order valence-corrected chi connectivity index (χ1v) is 16.2. The number of phenolic OH excluding ortho intramolecular Hbond substituents is 1. The van der Waals surface area contributed by atoms with Gasteiger partial charge in [-0.15, -0.1) is 0 Å². The van der Waals surface area contributed by atoms with Crippen LogP contribution >= 0.6 is 0 Å². The maximum absolute atomic E-state index is 13.3. The number of carbonyl (C=O) groups is 2. The summed E-state index contributed by atoms with van der Waals surface area (Å²) in [6.45, 7) is 1.73. The molecule has 6 rings (SSSR count). The van der Waals surface area contributed by atoms with Crippen molar-refractivity contribution in [3.63, 3.8) is 0 Å². The van der Waals surface area contributed by atoms with Gasteiger partial charge in [0.2, 0.25) is 5.56 Å². The van der Waals surface area contributed by atoms with Crippen molar-refractivity contribution in [3.8, 4) is 11.5 Å². The number of hydrogen-bond donors (Lipinski definition) is 6. The molecule has 1 aliphatic rings. The quantitative estimate of drug-likeness (QED) is 0.114. The van der Waals surface area contributed by atoms with Crippen molar-refractivity contribution in [2.75, 3.05) is 19.6 Å². The Labute approximate surface area is 282 Å². The summed E-state index contributed by atoms with van der Waals surface area (Å²) < 4.78 is 6.03. The Morgan fingerprint density at radius 2 is 1.63 bits per heavy atom. The van der Waals surface area contributed by atoms with Crippen LogP contribution in [0.4, 0.5) is 4.79 Å². The van der Waals surface area contributed by atoms with Gasteiger partial charge in [0, 0.05) is 42.7 Å². The molecule has 6 N–H and O–H groups in total. The van der Waals surface area contributed by atoms with Gasteiger partial charge in [0.1, 0.15) is 18.1 Å². The van der Waals surface area contributed by atoms with Gasteiger partial charge in [-0.1, -0.05) is 60.7 Å². The van der Waals surface area contributed by atoms with E-state index in [4.69, 9.17) is 4.74 Å². The molecule has 0 aliphatic carbocycles. The monoisotopic (exact) mass is 662 g/mol. The van der Waals surface area contributed by atoms with Crippen LogP contribution in [0, 0.1) is 0 Å². The molecule has 0 saturated carbocycles. The van der Waals surface area contributed by atoms with Gasteiger partial charge in [0.05, 0.1) is 17.7 Å². The minimum absolute atomic E-state index is 0.0407. The fourth-order valence-corrected chi connectivity index (χ4v) is 6.23. The van der Waals surface area contributed by atoms with Crippen LogP contribution < -0.4 is 20.9 Å². The normalized spacial score (nSPS) is 14.7. The standard InChI is InChI=1S/C38H38N4O7/c43-32-15-13-30(31-14-16-34(45)40-36(31)32)33(44)22-39-28-17-19-42(20-18-28)37(46)26-11-9-24(10-12-26)23-49-29-8-4-7-27(21-29)35(41-38(47)48)25-5-2-1-3-6-25/h1-16,21,28,33,35,39,41,43-44H,17-20,22-23H2,(H,40,45)(H,47,48)/t33-,35?/m1/s1. The summed E-state index contributed by atoms with van der Waals surface area (Å²) in [4.78, 5) is 40.9. The number of aromatic hydroxyl groups is 1. The molecule has 0 bridgehead atoms. The molecule has 49 heavy (non-hydrogen) atoms. The molecule has 1 fully saturated rings. The van der Waals surface area contributed by atoms with Crippen molar-refractivity contribution in [1.82, 2.24) is 20.5 Å². The minimum Gasteiger partial charge on any atom is -0.506 e. The molecule has 11 nitrogen and oxygen atoms in total. The Kier molecular flexibility index (Phi) is 10.2. The van der Waals surface area contributed by atoms with Crippen LogP contribution in [-0.4, -0.2) is 62.9 Å². The number of carbonyl (C=O) groups excluding carboxylic acids is 1. The molecule has 1 aromatic heterocycles. The number of aliphatic hydroxyl groups is 1. The summed E-state index contributed by atoms with van der Waals surface area (Å²) >= 11 is 0. The zero-order valence-corrected chi connectivity index (χ0v) is 26.7. The number of nitrogens with zero attached hydrogens (tertiary/aromatic N) is 1. The Morgan fingerprint density at radius 1 is 0.898 bits per heavy atom. The summed E-state index contributed by atoms with van der Waals surface area (Å²) in [6, 6.07) is 29.7. The smallest absolute Gasteiger partial charge is 0.405 e. The highest BCUT2D eigenvalue weighted by Gasteiger charge is 2.25. The SMILES string of the molecule is O=C(O)NC(c1ccccc1)c1cccc(OCc2ccc(C(=O)N3CCC(NC[C@@H](O)c4ccc(O)c5[nH]c(=O)ccc45)CC3)cc2)c1. The second-order valence-corrected chi connectivity index (χ2v) is 12.1. The van der Waals surface area contributed by atoms with Crippen LogP contribution in [0.15, 0.2) is 108 Å². The fourth-order valence-electron chi connectivity index (χ4n) is 6.23. The average Bonchev–Trinajstić information content (AvgIpc) is 3.13. The Morgan fingerprint density at radius 3 is 2.37 bits per heavy atom. The summed E-state index contributed by atoms with van der Waals surface area (Å²) in [5.74, 6) is 0.507. The van der Waals surface area contributed by atoms with Crippen LogP contribution in [0.25, 0.3) is 10.9 Å². The number of benzene rings is 4. The number of aromatic nitrogens is 1. The molecule has 4 aromatic carbocycles. The van der Waals surface area contributed by atoms with Gasteiger partial charge < -0.3 is 40.6 Å². The molecule has 0 radical (unpaired) electrons. The second kappa shape index (κ2) is 15.1. The van der Waals surface area contributed by atoms with Gasteiger partial charge in [0.15, 0.2) is 0 Å². The van der Waals surface area contributed by atoms with E-state index in [0.717, 1.165) is 29.5 Å². The average molecular weight is 663 g/mol. The molecular formula is C38H38N4O7. The van der Waals surface area contributed by atoms with Crippen molar-refractivity contribution in [2.45, 2.75) is 37.6 Å². The van der Waals surface area contributed by atoms with E-state index >= 15 is 0 Å². The lowest BCUT2D eigenvalue weighted by Crippen LogP contribution is -2.45. The Bertz CT molecular complexity index is 1970. The van der Waals surface area contributed by atoms with Crippen molar-refractivity contribution >= 4 is 22.9 Å². The number of fused-ring (bicyclic) bond motifs is 1. The van der Waals surface area contributed by atoms with Crippen molar-refractivity contribution in [3.05, 3.63) is 141 Å². The van der Waals surface area contributed by atoms with E-state index < -0.39 is 18.2 Å². The third-order valence-electron chi connectivity index (χ3n) is 8.85. The maximum Gasteiger partial charge on any atom is 0.405 e. The second-order valence-electron chi connectivity index (χ2n) is 12.1. The Hall–Kier alpha value is -5.65. The van der Waals surface area contributed by atoms with Gasteiger partial charge in [-0.25, -0.2) is 4.79 Å². The molecule has 1 saturated heterocycles. The molecular weight excluding hydrogens is 624 g/mol. The van der Waals surface area contributed by atoms with Crippen LogP contribution in [0.3, 0.4) is 0 Å². The number of rotatable bonds is 11. The number of hydrogen-bond acceptors (Lipinski definition) is 7. The summed E-state index contributed by atoms with van der Waals surface area (Å²) in [5.41, 5.74) is 3.63. The lowest BCUT2D eigenvalue weighted by molar-refractivity contribution is 0.0698. The highest BCUT2D eigenvalue weighted by molar-refractivity contribution is 5.94. The third-order valence-corrected chi connectivity index (χ3v) is 8.85. The molecule has 1 aliphatic heterocycles. The van der Waals surface area contributed by atoms with E-state index in [-0.39, 0.29) is 36.4 Å². The molecule has 2 heterocycles. The van der Waals surface area contributed by atoms with Crippen molar-refractivity contribution in [2.24, 2.45) is 0 Å². The van der Waals surface area contributed by atoms with Crippen LogP contribution in [-0.2, 0) is 6.61 Å². The molecule has 11 heteroatoms. The number of carboxylic acid groups (broad SMARTS) is 1.